The number of nitrogens with one attached hydrogen (secondary N) is 1. The van der Waals surface area contributed by atoms with Gasteiger partial charge < -0.3 is 14.6 Å². The van der Waals surface area contributed by atoms with Crippen molar-refractivity contribution in [3.8, 4) is 5.75 Å². The first kappa shape index (κ1) is 27.3. The molecule has 2 aliphatic rings. The molecule has 5 rings (SSSR count). The first-order chi connectivity index (χ1) is 17.8. The molecule has 1 fully saturated rings. The summed E-state index contributed by atoms with van der Waals surface area (Å²) in [5, 5.41) is 2.83. The maximum absolute atomic E-state index is 10.3. The Morgan fingerprint density at radius 2 is 1.89 bits per heavy atom. The fourth-order valence-electron chi connectivity index (χ4n) is 5.36. The molecule has 1 aliphatic carbocycles. The summed E-state index contributed by atoms with van der Waals surface area (Å²) in [7, 11) is -0.536. The standard InChI is InChI=1S/C24H32N2O.C4H6N2O3S/c1-25-13-16-27-21-11-9-20-10-12-24(26-14-5-6-15-26)23(22(20)18-21)17-19-7-3-2-4-8-19;1-6-2-4(5-3-6)10(7,8)9/h2-4,7-9,11,18,23-25H,5-6,10,12-17H2,1H3;2-3H,1H3,(H,7,8,9). The van der Waals surface area contributed by atoms with Gasteiger partial charge in [-0.2, -0.15) is 8.42 Å². The highest BCUT2D eigenvalue weighted by Gasteiger charge is 2.35. The van der Waals surface area contributed by atoms with Gasteiger partial charge >= 0.3 is 10.1 Å². The van der Waals surface area contributed by atoms with Gasteiger partial charge in [0.25, 0.3) is 0 Å². The van der Waals surface area contributed by atoms with Crippen molar-refractivity contribution < 1.29 is 17.7 Å². The highest BCUT2D eigenvalue weighted by molar-refractivity contribution is 7.85. The van der Waals surface area contributed by atoms with Gasteiger partial charge in [0.05, 0.1) is 6.33 Å². The molecule has 1 aliphatic heterocycles. The summed E-state index contributed by atoms with van der Waals surface area (Å²) in [6, 6.07) is 18.5. The second kappa shape index (κ2) is 12.7. The van der Waals surface area contributed by atoms with Gasteiger partial charge in [-0.3, -0.25) is 9.45 Å². The van der Waals surface area contributed by atoms with Crippen LogP contribution in [-0.2, 0) is 30.0 Å². The van der Waals surface area contributed by atoms with E-state index in [2.05, 4.69) is 63.7 Å². The summed E-state index contributed by atoms with van der Waals surface area (Å²) in [6.45, 7) is 4.13. The summed E-state index contributed by atoms with van der Waals surface area (Å²) >= 11 is 0. The second-order valence-corrected chi connectivity index (χ2v) is 11.2. The monoisotopic (exact) mass is 526 g/mol. The molecule has 0 radical (unpaired) electrons. The Kier molecular flexibility index (Phi) is 9.37. The van der Waals surface area contributed by atoms with Crippen LogP contribution in [0.25, 0.3) is 0 Å². The van der Waals surface area contributed by atoms with Gasteiger partial charge in [0, 0.05) is 31.7 Å². The zero-order valence-corrected chi connectivity index (χ0v) is 22.5. The molecule has 8 nitrogen and oxygen atoms in total. The summed E-state index contributed by atoms with van der Waals surface area (Å²) < 4.78 is 36.5. The third-order valence-electron chi connectivity index (χ3n) is 7.17. The van der Waals surface area contributed by atoms with Crippen molar-refractivity contribution in [2.45, 2.75) is 49.1 Å². The average molecular weight is 527 g/mol. The van der Waals surface area contributed by atoms with Gasteiger partial charge in [-0.1, -0.05) is 36.4 Å². The summed E-state index contributed by atoms with van der Waals surface area (Å²) in [5.41, 5.74) is 4.48. The number of likely N-dealkylation sites (N-methyl/N-ethyl adjacent to an activating group) is 1. The van der Waals surface area contributed by atoms with Crippen LogP contribution < -0.4 is 10.1 Å². The van der Waals surface area contributed by atoms with Gasteiger partial charge in [0.15, 0.2) is 5.03 Å². The smallest absolute Gasteiger partial charge is 0.313 e. The highest BCUT2D eigenvalue weighted by atomic mass is 32.2. The lowest BCUT2D eigenvalue weighted by Gasteiger charge is -2.39. The van der Waals surface area contributed by atoms with E-state index in [4.69, 9.17) is 9.29 Å². The first-order valence-corrected chi connectivity index (χ1v) is 14.4. The largest absolute Gasteiger partial charge is 0.492 e. The van der Waals surface area contributed by atoms with Crippen molar-refractivity contribution in [3.05, 3.63) is 77.7 Å². The van der Waals surface area contributed by atoms with Crippen LogP contribution in [0, 0.1) is 0 Å². The Bertz CT molecular complexity index is 1240. The fourth-order valence-corrected chi connectivity index (χ4v) is 5.84. The normalized spacial score (nSPS) is 19.6. The van der Waals surface area contributed by atoms with E-state index in [1.165, 1.54) is 72.6 Å². The number of fused-ring (bicyclic) bond motifs is 1. The fraction of sp³-hybridized carbons (Fsp3) is 0.464. The predicted octanol–water partition coefficient (Wildman–Crippen LogP) is 3.69. The highest BCUT2D eigenvalue weighted by Crippen LogP contribution is 2.39. The molecule has 0 amide bonds. The minimum Gasteiger partial charge on any atom is -0.492 e. The van der Waals surface area contributed by atoms with Crippen molar-refractivity contribution >= 4 is 10.1 Å². The lowest BCUT2D eigenvalue weighted by atomic mass is 9.75. The molecule has 0 saturated carbocycles. The van der Waals surface area contributed by atoms with Gasteiger partial charge in [0.1, 0.15) is 12.4 Å². The zero-order valence-electron chi connectivity index (χ0n) is 21.7. The summed E-state index contributed by atoms with van der Waals surface area (Å²) in [5.74, 6) is 1.58. The molecule has 2 N–H and O–H groups in total. The minimum absolute atomic E-state index is 0.324. The van der Waals surface area contributed by atoms with Crippen LogP contribution in [0.2, 0.25) is 0 Å². The molecule has 1 saturated heterocycles. The number of imidazole rings is 1. The topological polar surface area (TPSA) is 96.7 Å². The first-order valence-electron chi connectivity index (χ1n) is 13.0. The van der Waals surface area contributed by atoms with E-state index in [0.29, 0.717) is 18.6 Å². The SMILES string of the molecule is CNCCOc1ccc2c(c1)C(Cc1ccccc1)C(N1CCCC1)CC2.Cn1cnc(S(=O)(=O)O)c1. The molecule has 1 aromatic heterocycles. The molecular weight excluding hydrogens is 488 g/mol. The summed E-state index contributed by atoms with van der Waals surface area (Å²) in [4.78, 5) is 6.17. The molecule has 9 heteroatoms. The second-order valence-electron chi connectivity index (χ2n) is 9.81. The number of aromatic nitrogens is 2. The predicted molar refractivity (Wildman–Crippen MR) is 145 cm³/mol. The molecule has 37 heavy (non-hydrogen) atoms. The Morgan fingerprint density at radius 3 is 2.51 bits per heavy atom. The third kappa shape index (κ3) is 7.41. The Morgan fingerprint density at radius 1 is 1.14 bits per heavy atom. The van der Waals surface area contributed by atoms with Crippen molar-refractivity contribution in [2.24, 2.45) is 7.05 Å². The molecule has 0 bridgehead atoms. The molecule has 2 unspecified atom stereocenters. The average Bonchev–Trinajstić information content (AvgIpc) is 3.58. The maximum atomic E-state index is 10.3. The number of rotatable bonds is 8. The third-order valence-corrected chi connectivity index (χ3v) is 7.90. The van der Waals surface area contributed by atoms with Crippen LogP contribution in [0.5, 0.6) is 5.75 Å². The summed E-state index contributed by atoms with van der Waals surface area (Å²) in [6.07, 6.45) is 8.82. The van der Waals surface area contributed by atoms with Crippen LogP contribution >= 0.6 is 0 Å². The molecular formula is C28H38N4O4S. The number of nitrogens with zero attached hydrogens (tertiary/aromatic N) is 3. The van der Waals surface area contributed by atoms with Gasteiger partial charge in [-0.05, 0) is 81.1 Å². The number of hydrogen-bond acceptors (Lipinski definition) is 6. The number of aryl methyl sites for hydroxylation is 2. The zero-order chi connectivity index (χ0) is 26.3. The van der Waals surface area contributed by atoms with E-state index < -0.39 is 10.1 Å². The Labute approximate surface area is 220 Å². The molecule has 200 valence electrons. The van der Waals surface area contributed by atoms with E-state index in [9.17, 15) is 8.42 Å². The Balaban J connectivity index is 0.000000270. The number of likely N-dealkylation sites (tertiary alicyclic amines) is 1. The number of hydrogen-bond donors (Lipinski definition) is 2. The van der Waals surface area contributed by atoms with Crippen LogP contribution in [-0.4, -0.2) is 66.8 Å². The van der Waals surface area contributed by atoms with Crippen LogP contribution in [0.4, 0.5) is 0 Å². The maximum Gasteiger partial charge on any atom is 0.313 e. The lowest BCUT2D eigenvalue weighted by molar-refractivity contribution is 0.188. The number of ether oxygens (including phenoxy) is 1. The molecule has 2 heterocycles. The van der Waals surface area contributed by atoms with E-state index in [1.54, 1.807) is 7.05 Å². The van der Waals surface area contributed by atoms with Crippen molar-refractivity contribution in [2.75, 3.05) is 33.3 Å². The van der Waals surface area contributed by atoms with E-state index >= 15 is 0 Å². The van der Waals surface area contributed by atoms with Crippen LogP contribution in [0.3, 0.4) is 0 Å². The van der Waals surface area contributed by atoms with Crippen LogP contribution in [0.15, 0.2) is 66.1 Å². The van der Waals surface area contributed by atoms with Crippen molar-refractivity contribution in [1.29, 1.82) is 0 Å². The Hall–Kier alpha value is -2.72. The lowest BCUT2D eigenvalue weighted by Crippen LogP contribution is -2.41. The van der Waals surface area contributed by atoms with E-state index in [1.807, 2.05) is 7.05 Å². The molecule has 3 aromatic rings. The minimum atomic E-state index is -4.11. The molecule has 2 aromatic carbocycles. The molecule has 0 spiro atoms. The van der Waals surface area contributed by atoms with Crippen LogP contribution in [0.1, 0.15) is 41.9 Å². The van der Waals surface area contributed by atoms with E-state index in [0.717, 1.165) is 18.7 Å². The van der Waals surface area contributed by atoms with E-state index in [-0.39, 0.29) is 5.03 Å². The van der Waals surface area contributed by atoms with Crippen molar-refractivity contribution in [3.63, 3.8) is 0 Å². The van der Waals surface area contributed by atoms with Crippen molar-refractivity contribution in [1.82, 2.24) is 19.8 Å². The van der Waals surface area contributed by atoms with Gasteiger partial charge in [-0.15, -0.1) is 0 Å². The molecule has 2 atom stereocenters. The van der Waals surface area contributed by atoms with Gasteiger partial charge in [-0.25, -0.2) is 4.98 Å². The quantitative estimate of drug-likeness (QED) is 0.341. The number of benzene rings is 2. The van der Waals surface area contributed by atoms with Gasteiger partial charge in [0.2, 0.25) is 0 Å².